The highest BCUT2D eigenvalue weighted by molar-refractivity contribution is 5.74. The predicted molar refractivity (Wildman–Crippen MR) is 113 cm³/mol. The molecule has 1 aliphatic carbocycles. The normalized spacial score (nSPS) is 17.1. The maximum Gasteiger partial charge on any atom is 0.268 e. The first kappa shape index (κ1) is 21.6. The molecular formula is C23H23FN4O4. The Hall–Kier alpha value is -3.62. The second-order valence-corrected chi connectivity index (χ2v) is 7.77. The lowest BCUT2D eigenvalue weighted by Crippen LogP contribution is -2.08. The fourth-order valence-corrected chi connectivity index (χ4v) is 3.18. The van der Waals surface area contributed by atoms with Crippen molar-refractivity contribution < 1.29 is 23.0 Å². The number of nitrogens with zero attached hydrogens (tertiary/aromatic N) is 4. The van der Waals surface area contributed by atoms with Crippen LogP contribution in [0.15, 0.2) is 51.3 Å². The second kappa shape index (κ2) is 9.25. The molecule has 9 heteroatoms. The lowest BCUT2D eigenvalue weighted by molar-refractivity contribution is -0.110. The Balaban J connectivity index is 1.46. The summed E-state index contributed by atoms with van der Waals surface area (Å²) in [6.45, 7) is 5.91. The van der Waals surface area contributed by atoms with Gasteiger partial charge in [-0.15, -0.1) is 0 Å². The third-order valence-electron chi connectivity index (χ3n) is 5.08. The van der Waals surface area contributed by atoms with E-state index in [4.69, 9.17) is 13.8 Å². The predicted octanol–water partition coefficient (Wildman–Crippen LogP) is 5.23. The molecule has 0 radical (unpaired) electrons. The van der Waals surface area contributed by atoms with Gasteiger partial charge in [0.15, 0.2) is 6.10 Å². The van der Waals surface area contributed by atoms with E-state index in [1.165, 1.54) is 6.08 Å². The van der Waals surface area contributed by atoms with Crippen LogP contribution in [0.1, 0.15) is 63.2 Å². The average molecular weight is 438 g/mol. The van der Waals surface area contributed by atoms with Crippen molar-refractivity contribution in [2.75, 3.05) is 0 Å². The van der Waals surface area contributed by atoms with E-state index in [9.17, 15) is 9.18 Å². The molecule has 0 fully saturated rings. The number of benzene rings is 1. The second-order valence-electron chi connectivity index (χ2n) is 7.77. The molecular weight excluding hydrogens is 415 g/mol. The van der Waals surface area contributed by atoms with E-state index in [0.717, 1.165) is 5.56 Å². The minimum absolute atomic E-state index is 0.159. The number of ether oxygens (including phenoxy) is 1. The molecule has 0 aliphatic heterocycles. The fourth-order valence-electron chi connectivity index (χ4n) is 3.18. The number of halogens is 1. The molecule has 2 aromatic heterocycles. The first-order chi connectivity index (χ1) is 15.5. The van der Waals surface area contributed by atoms with E-state index in [-0.39, 0.29) is 18.2 Å². The Labute approximate surface area is 184 Å². The van der Waals surface area contributed by atoms with Crippen molar-refractivity contribution >= 4 is 11.9 Å². The number of hydrogen-bond donors (Lipinski definition) is 0. The summed E-state index contributed by atoms with van der Waals surface area (Å²) >= 11 is 0. The molecule has 0 spiro atoms. The van der Waals surface area contributed by atoms with Gasteiger partial charge in [-0.3, -0.25) is 0 Å². The van der Waals surface area contributed by atoms with Crippen molar-refractivity contribution in [1.82, 2.24) is 20.3 Å². The minimum atomic E-state index is -0.746. The van der Waals surface area contributed by atoms with Crippen LogP contribution in [0.2, 0.25) is 0 Å². The van der Waals surface area contributed by atoms with Gasteiger partial charge in [-0.1, -0.05) is 37.2 Å². The lowest BCUT2D eigenvalue weighted by atomic mass is 9.96. The van der Waals surface area contributed by atoms with E-state index in [2.05, 4.69) is 20.3 Å². The first-order valence-corrected chi connectivity index (χ1v) is 10.5. The van der Waals surface area contributed by atoms with Gasteiger partial charge >= 0.3 is 0 Å². The molecule has 2 unspecified atom stereocenters. The van der Waals surface area contributed by atoms with Crippen LogP contribution in [0.3, 0.4) is 0 Å². The zero-order valence-corrected chi connectivity index (χ0v) is 18.0. The number of hydrogen-bond acceptors (Lipinski definition) is 8. The monoisotopic (exact) mass is 438 g/mol. The number of carbonyl (C=O) groups is 1. The highest BCUT2D eigenvalue weighted by Crippen LogP contribution is 2.30. The standard InChI is InChI=1S/C23H23FN4O4/c1-4-19(23-26-21(28-32-23)15-5-6-16(12-29)18(24)11-15)30-17-9-7-14(8-10-17)20-25-22(13(2)3)31-27-20/h5,7-13,16,19H,4,6H2,1-3H3. The number of allylic oxidation sites excluding steroid dienone is 4. The topological polar surface area (TPSA) is 104 Å². The molecule has 0 bridgehead atoms. The Kier molecular flexibility index (Phi) is 6.25. The number of rotatable bonds is 8. The Bertz CT molecular complexity index is 1150. The Morgan fingerprint density at radius 2 is 1.81 bits per heavy atom. The van der Waals surface area contributed by atoms with Crippen molar-refractivity contribution in [3.63, 3.8) is 0 Å². The molecule has 4 rings (SSSR count). The molecule has 0 N–H and O–H groups in total. The zero-order chi connectivity index (χ0) is 22.7. The van der Waals surface area contributed by atoms with Crippen LogP contribution in [-0.2, 0) is 4.79 Å². The number of carbonyl (C=O) groups excluding carboxylic acids is 1. The maximum absolute atomic E-state index is 14.0. The molecule has 3 aromatic rings. The molecule has 2 heterocycles. The first-order valence-electron chi connectivity index (χ1n) is 10.5. The van der Waals surface area contributed by atoms with Gasteiger partial charge in [-0.25, -0.2) is 4.39 Å². The molecule has 166 valence electrons. The largest absolute Gasteiger partial charge is 0.481 e. The van der Waals surface area contributed by atoms with Crippen LogP contribution in [0.5, 0.6) is 5.75 Å². The quantitative estimate of drug-likeness (QED) is 0.440. The summed E-state index contributed by atoms with van der Waals surface area (Å²) in [7, 11) is 0. The van der Waals surface area contributed by atoms with Gasteiger partial charge in [0, 0.05) is 17.1 Å². The van der Waals surface area contributed by atoms with Crippen molar-refractivity contribution in [2.45, 2.75) is 45.6 Å². The van der Waals surface area contributed by atoms with Gasteiger partial charge in [0.2, 0.25) is 17.5 Å². The molecule has 1 aliphatic rings. The Morgan fingerprint density at radius 1 is 1.12 bits per heavy atom. The molecule has 8 nitrogen and oxygen atoms in total. The summed E-state index contributed by atoms with van der Waals surface area (Å²) < 4.78 is 30.6. The van der Waals surface area contributed by atoms with Gasteiger partial charge < -0.3 is 18.6 Å². The van der Waals surface area contributed by atoms with E-state index >= 15 is 0 Å². The van der Waals surface area contributed by atoms with Crippen molar-refractivity contribution in [3.8, 4) is 17.1 Å². The molecule has 0 saturated carbocycles. The molecule has 0 saturated heterocycles. The number of aromatic nitrogens is 4. The summed E-state index contributed by atoms with van der Waals surface area (Å²) in [5.41, 5.74) is 1.29. The third kappa shape index (κ3) is 4.51. The lowest BCUT2D eigenvalue weighted by Gasteiger charge is -2.14. The van der Waals surface area contributed by atoms with Crippen molar-refractivity contribution in [2.24, 2.45) is 5.92 Å². The third-order valence-corrected chi connectivity index (χ3v) is 5.08. The summed E-state index contributed by atoms with van der Waals surface area (Å²) in [4.78, 5) is 19.6. The smallest absolute Gasteiger partial charge is 0.268 e. The SMILES string of the molecule is CCC(Oc1ccc(-c2noc(C(C)C)n2)cc1)c1nc(C2=CCC(C=O)C(F)=C2)no1. The fraction of sp³-hybridized carbons (Fsp3) is 0.348. The summed E-state index contributed by atoms with van der Waals surface area (Å²) in [5.74, 6) is 1.18. The maximum atomic E-state index is 14.0. The Morgan fingerprint density at radius 3 is 2.44 bits per heavy atom. The van der Waals surface area contributed by atoms with E-state index in [1.54, 1.807) is 6.08 Å². The van der Waals surface area contributed by atoms with E-state index < -0.39 is 17.8 Å². The van der Waals surface area contributed by atoms with E-state index in [1.807, 2.05) is 45.0 Å². The van der Waals surface area contributed by atoms with Gasteiger partial charge in [0.25, 0.3) is 5.89 Å². The molecule has 0 amide bonds. The van der Waals surface area contributed by atoms with E-state index in [0.29, 0.717) is 41.6 Å². The zero-order valence-electron chi connectivity index (χ0n) is 18.0. The van der Waals surface area contributed by atoms with Crippen LogP contribution in [-0.4, -0.2) is 26.6 Å². The van der Waals surface area contributed by atoms with Crippen molar-refractivity contribution in [3.05, 3.63) is 59.9 Å². The number of aldehydes is 1. The summed E-state index contributed by atoms with van der Waals surface area (Å²) in [5, 5.41) is 7.95. The minimum Gasteiger partial charge on any atom is -0.481 e. The van der Waals surface area contributed by atoms with Crippen LogP contribution in [0.25, 0.3) is 17.0 Å². The van der Waals surface area contributed by atoms with Crippen LogP contribution in [0, 0.1) is 5.92 Å². The summed E-state index contributed by atoms with van der Waals surface area (Å²) in [6, 6.07) is 7.31. The van der Waals surface area contributed by atoms with Crippen LogP contribution < -0.4 is 4.74 Å². The van der Waals surface area contributed by atoms with Crippen LogP contribution in [0.4, 0.5) is 4.39 Å². The van der Waals surface area contributed by atoms with Gasteiger partial charge in [-0.05, 0) is 43.2 Å². The van der Waals surface area contributed by atoms with Gasteiger partial charge in [0.05, 0.1) is 5.92 Å². The van der Waals surface area contributed by atoms with Gasteiger partial charge in [0.1, 0.15) is 17.9 Å². The molecule has 1 aromatic carbocycles. The molecule has 32 heavy (non-hydrogen) atoms. The van der Waals surface area contributed by atoms with Crippen molar-refractivity contribution in [1.29, 1.82) is 0 Å². The highest BCUT2D eigenvalue weighted by atomic mass is 19.1. The highest BCUT2D eigenvalue weighted by Gasteiger charge is 2.24. The molecule has 2 atom stereocenters. The van der Waals surface area contributed by atoms with Crippen LogP contribution >= 0.6 is 0 Å². The summed E-state index contributed by atoms with van der Waals surface area (Å²) in [6.07, 6.45) is 3.96. The average Bonchev–Trinajstić information content (AvgIpc) is 3.48. The van der Waals surface area contributed by atoms with Gasteiger partial charge in [-0.2, -0.15) is 9.97 Å².